The van der Waals surface area contributed by atoms with Crippen molar-refractivity contribution in [3.63, 3.8) is 0 Å². The van der Waals surface area contributed by atoms with E-state index in [4.69, 9.17) is 5.11 Å². The second kappa shape index (κ2) is 3.68. The number of halogens is 1. The molecule has 0 aliphatic heterocycles. The molecule has 0 amide bonds. The van der Waals surface area contributed by atoms with Crippen LogP contribution in [0.3, 0.4) is 0 Å². The third-order valence-electron chi connectivity index (χ3n) is 0.798. The molecular weight excluding hydrogens is 267 g/mol. The van der Waals surface area contributed by atoms with E-state index in [1.807, 2.05) is 0 Å². The number of aliphatic hydroxyl groups excluding tert-OH is 1. The average Bonchev–Trinajstić information content (AvgIpc) is 1.60. The molecule has 1 unspecified atom stereocenters. The minimum atomic E-state index is -3.26. The summed E-state index contributed by atoms with van der Waals surface area (Å²) < 4.78 is 21.8. The lowest BCUT2D eigenvalue weighted by Crippen LogP contribution is -2.16. The maximum atomic E-state index is 10.9. The van der Waals surface area contributed by atoms with Crippen LogP contribution in [0.25, 0.3) is 0 Å². The van der Waals surface area contributed by atoms with Crippen molar-refractivity contribution in [2.24, 2.45) is 0 Å². The number of hydrogen-bond donors (Lipinski definition) is 1. The zero-order chi connectivity index (χ0) is 8.36. The fourth-order valence-electron chi connectivity index (χ4n) is 0.408. The van der Waals surface area contributed by atoms with Gasteiger partial charge in [0.25, 0.3) is 0 Å². The van der Waals surface area contributed by atoms with Gasteiger partial charge in [-0.3, -0.25) is 0 Å². The van der Waals surface area contributed by atoms with E-state index in [1.54, 1.807) is 22.6 Å². The van der Waals surface area contributed by atoms with Crippen molar-refractivity contribution >= 4 is 32.4 Å². The van der Waals surface area contributed by atoms with Crippen molar-refractivity contribution in [2.75, 3.05) is 5.75 Å². The monoisotopic (exact) mass is 276 g/mol. The van der Waals surface area contributed by atoms with Crippen LogP contribution < -0.4 is 0 Å². The lowest BCUT2D eigenvalue weighted by Gasteiger charge is -2.02. The van der Waals surface area contributed by atoms with Crippen LogP contribution in [0, 0.1) is 0 Å². The highest BCUT2D eigenvalue weighted by molar-refractivity contribution is 14.1. The van der Waals surface area contributed by atoms with Crippen molar-refractivity contribution in [3.8, 4) is 0 Å². The van der Waals surface area contributed by atoms with Crippen molar-refractivity contribution in [1.82, 2.24) is 0 Å². The number of sulfone groups is 1. The van der Waals surface area contributed by atoms with E-state index in [2.05, 4.69) is 6.58 Å². The Morgan fingerprint density at radius 1 is 1.80 bits per heavy atom. The fourth-order valence-corrected chi connectivity index (χ4v) is 1.76. The van der Waals surface area contributed by atoms with Gasteiger partial charge in [0.2, 0.25) is 0 Å². The smallest absolute Gasteiger partial charge is 0.186 e. The molecule has 0 spiro atoms. The standard InChI is InChI=1S/C5H9IO3S/c1-4(7)3-10(8,9)5(2)6/h4,7H,2-3H2,1H3. The molecule has 0 aromatic heterocycles. The Bertz CT molecular complexity index is 217. The molecule has 0 bridgehead atoms. The van der Waals surface area contributed by atoms with Gasteiger partial charge >= 0.3 is 0 Å². The minimum absolute atomic E-state index is 0.0750. The first-order chi connectivity index (χ1) is 4.36. The second-order valence-electron chi connectivity index (χ2n) is 1.99. The first kappa shape index (κ1) is 10.4. The molecule has 0 aromatic rings. The Labute approximate surface area is 74.2 Å². The summed E-state index contributed by atoms with van der Waals surface area (Å²) in [6.07, 6.45) is -0.823. The zero-order valence-electron chi connectivity index (χ0n) is 5.54. The SMILES string of the molecule is C=C(I)S(=O)(=O)CC(C)O. The van der Waals surface area contributed by atoms with E-state index < -0.39 is 15.9 Å². The van der Waals surface area contributed by atoms with Crippen molar-refractivity contribution in [3.05, 3.63) is 9.49 Å². The summed E-state index contributed by atoms with van der Waals surface area (Å²) in [7, 11) is -3.26. The fraction of sp³-hybridized carbons (Fsp3) is 0.600. The van der Waals surface area contributed by atoms with E-state index in [-0.39, 0.29) is 8.66 Å². The largest absolute Gasteiger partial charge is 0.392 e. The van der Waals surface area contributed by atoms with Crippen LogP contribution in [0.2, 0.25) is 0 Å². The highest BCUT2D eigenvalue weighted by Crippen LogP contribution is 2.13. The number of aliphatic hydroxyl groups is 1. The van der Waals surface area contributed by atoms with Gasteiger partial charge in [-0.05, 0) is 29.5 Å². The molecule has 3 nitrogen and oxygen atoms in total. The summed E-state index contributed by atoms with van der Waals surface area (Å²) in [5.74, 6) is -0.241. The zero-order valence-corrected chi connectivity index (χ0v) is 8.52. The summed E-state index contributed by atoms with van der Waals surface area (Å²) in [5, 5.41) is 8.71. The number of rotatable bonds is 3. The van der Waals surface area contributed by atoms with Crippen LogP contribution in [0.1, 0.15) is 6.92 Å². The normalized spacial score (nSPS) is 14.7. The molecule has 0 saturated carbocycles. The topological polar surface area (TPSA) is 54.4 Å². The Balaban J connectivity index is 4.31. The summed E-state index contributed by atoms with van der Waals surface area (Å²) >= 11 is 1.63. The third-order valence-corrected chi connectivity index (χ3v) is 4.41. The maximum Gasteiger partial charge on any atom is 0.186 e. The van der Waals surface area contributed by atoms with Gasteiger partial charge in [-0.1, -0.05) is 6.58 Å². The Morgan fingerprint density at radius 3 is 2.30 bits per heavy atom. The summed E-state index contributed by atoms with van der Waals surface area (Å²) in [4.78, 5) is 0. The molecule has 1 N–H and O–H groups in total. The van der Waals surface area contributed by atoms with Gasteiger partial charge in [0.05, 0.1) is 14.8 Å². The van der Waals surface area contributed by atoms with Crippen LogP contribution in [-0.4, -0.2) is 25.4 Å². The summed E-state index contributed by atoms with van der Waals surface area (Å²) in [6.45, 7) is 4.70. The van der Waals surface area contributed by atoms with Crippen molar-refractivity contribution in [2.45, 2.75) is 13.0 Å². The van der Waals surface area contributed by atoms with E-state index >= 15 is 0 Å². The first-order valence-corrected chi connectivity index (χ1v) is 5.34. The minimum Gasteiger partial charge on any atom is -0.392 e. The Kier molecular flexibility index (Phi) is 3.82. The molecule has 0 saturated heterocycles. The Morgan fingerprint density at radius 2 is 2.20 bits per heavy atom. The predicted octanol–water partition coefficient (Wildman–Crippen LogP) is 0.688. The van der Waals surface area contributed by atoms with Gasteiger partial charge in [-0.2, -0.15) is 0 Å². The van der Waals surface area contributed by atoms with Crippen molar-refractivity contribution < 1.29 is 13.5 Å². The van der Waals surface area contributed by atoms with Gasteiger partial charge < -0.3 is 5.11 Å². The van der Waals surface area contributed by atoms with Gasteiger partial charge in [-0.15, -0.1) is 0 Å². The summed E-state index contributed by atoms with van der Waals surface area (Å²) in [6, 6.07) is 0. The molecular formula is C5H9IO3S. The highest BCUT2D eigenvalue weighted by atomic mass is 127. The molecule has 60 valence electrons. The molecule has 0 fully saturated rings. The molecule has 0 aromatic carbocycles. The third kappa shape index (κ3) is 3.52. The van der Waals surface area contributed by atoms with Crippen LogP contribution in [0.4, 0.5) is 0 Å². The van der Waals surface area contributed by atoms with E-state index in [9.17, 15) is 8.42 Å². The quantitative estimate of drug-likeness (QED) is 0.771. The highest BCUT2D eigenvalue weighted by Gasteiger charge is 2.15. The van der Waals surface area contributed by atoms with E-state index in [1.165, 1.54) is 6.92 Å². The summed E-state index contributed by atoms with van der Waals surface area (Å²) in [5.41, 5.74) is 0. The van der Waals surface area contributed by atoms with Crippen molar-refractivity contribution in [1.29, 1.82) is 0 Å². The van der Waals surface area contributed by atoms with Crippen LogP contribution in [0.15, 0.2) is 9.49 Å². The molecule has 0 aliphatic rings. The van der Waals surface area contributed by atoms with Crippen LogP contribution >= 0.6 is 22.6 Å². The molecule has 5 heteroatoms. The maximum absolute atomic E-state index is 10.9. The van der Waals surface area contributed by atoms with Crippen LogP contribution in [0.5, 0.6) is 0 Å². The van der Waals surface area contributed by atoms with E-state index in [0.717, 1.165) is 0 Å². The Hall–Kier alpha value is 0.380. The molecule has 1 atom stereocenters. The van der Waals surface area contributed by atoms with Gasteiger partial charge in [-0.25, -0.2) is 8.42 Å². The molecule has 0 aliphatic carbocycles. The van der Waals surface area contributed by atoms with Gasteiger partial charge in [0, 0.05) is 0 Å². The molecule has 10 heavy (non-hydrogen) atoms. The molecule has 0 rings (SSSR count). The molecule has 0 heterocycles. The van der Waals surface area contributed by atoms with Gasteiger partial charge in [0.15, 0.2) is 9.84 Å². The molecule has 0 radical (unpaired) electrons. The van der Waals surface area contributed by atoms with Gasteiger partial charge in [0.1, 0.15) is 0 Å². The predicted molar refractivity (Wildman–Crippen MR) is 48.6 cm³/mol. The van der Waals surface area contributed by atoms with E-state index in [0.29, 0.717) is 0 Å². The van der Waals surface area contributed by atoms with Crippen LogP contribution in [-0.2, 0) is 9.84 Å². The number of hydrogen-bond acceptors (Lipinski definition) is 3. The lowest BCUT2D eigenvalue weighted by atomic mass is 10.5. The lowest BCUT2D eigenvalue weighted by molar-refractivity contribution is 0.218. The first-order valence-electron chi connectivity index (χ1n) is 2.61. The second-order valence-corrected chi connectivity index (χ2v) is 6.08. The average molecular weight is 276 g/mol.